The van der Waals surface area contributed by atoms with Gasteiger partial charge in [-0.1, -0.05) is 44.7 Å². The zero-order valence-electron chi connectivity index (χ0n) is 12.4. The summed E-state index contributed by atoms with van der Waals surface area (Å²) in [6, 6.07) is 4.23. The van der Waals surface area contributed by atoms with Crippen LogP contribution in [0.15, 0.2) is 24.3 Å². The molecule has 0 bridgehead atoms. The fraction of sp³-hybridized carbons (Fsp3) is 0.533. The van der Waals surface area contributed by atoms with Crippen LogP contribution in [0.1, 0.15) is 45.2 Å². The van der Waals surface area contributed by atoms with Gasteiger partial charge in [0.15, 0.2) is 5.12 Å². The molecule has 118 valence electrons. The number of aliphatic hydroxyl groups is 1. The summed E-state index contributed by atoms with van der Waals surface area (Å²) in [5, 5.41) is 10.1. The van der Waals surface area contributed by atoms with Gasteiger partial charge in [0.1, 0.15) is 0 Å². The van der Waals surface area contributed by atoms with E-state index >= 15 is 0 Å². The molecule has 1 aromatic carbocycles. The summed E-state index contributed by atoms with van der Waals surface area (Å²) in [5.41, 5.74) is -1.98. The molecule has 0 spiro atoms. The molecule has 0 aliphatic rings. The van der Waals surface area contributed by atoms with Crippen LogP contribution >= 0.6 is 11.8 Å². The summed E-state index contributed by atoms with van der Waals surface area (Å²) in [5.74, 6) is 0. The van der Waals surface area contributed by atoms with Crippen molar-refractivity contribution in [3.63, 3.8) is 0 Å². The standard InChI is InChI=1S/C15H19F3O2S/c1-13(2,3)21-12(19)9-14(4,20)10-5-7-11(8-6-10)15(16,17)18/h5-8,20H,9H2,1-4H3/t14-/m1/s1. The van der Waals surface area contributed by atoms with E-state index in [2.05, 4.69) is 0 Å². The van der Waals surface area contributed by atoms with E-state index in [1.165, 1.54) is 19.1 Å². The number of hydrogen-bond donors (Lipinski definition) is 1. The minimum absolute atomic E-state index is 0.152. The molecule has 0 unspecified atom stereocenters. The highest BCUT2D eigenvalue weighted by Gasteiger charge is 2.32. The number of benzene rings is 1. The Hall–Kier alpha value is -1.01. The molecule has 1 atom stereocenters. The van der Waals surface area contributed by atoms with Crippen molar-refractivity contribution in [2.75, 3.05) is 0 Å². The Morgan fingerprint density at radius 3 is 1.86 bits per heavy atom. The number of rotatable bonds is 3. The number of carbonyl (C=O) groups excluding carboxylic acids is 1. The lowest BCUT2D eigenvalue weighted by Gasteiger charge is -2.25. The zero-order valence-corrected chi connectivity index (χ0v) is 13.2. The predicted octanol–water partition coefficient (Wildman–Crippen LogP) is 4.36. The third-order valence-electron chi connectivity index (χ3n) is 2.74. The molecule has 1 N–H and O–H groups in total. The predicted molar refractivity (Wildman–Crippen MR) is 78.0 cm³/mol. The summed E-state index contributed by atoms with van der Waals surface area (Å²) in [7, 11) is 0. The van der Waals surface area contributed by atoms with Crippen molar-refractivity contribution in [3.05, 3.63) is 35.4 Å². The number of halogens is 3. The lowest BCUT2D eigenvalue weighted by atomic mass is 9.92. The van der Waals surface area contributed by atoms with Gasteiger partial charge in [-0.3, -0.25) is 4.79 Å². The molecule has 0 aliphatic heterocycles. The number of carbonyl (C=O) groups is 1. The van der Waals surface area contributed by atoms with Crippen molar-refractivity contribution in [1.82, 2.24) is 0 Å². The zero-order chi connectivity index (χ0) is 16.5. The van der Waals surface area contributed by atoms with Crippen LogP contribution < -0.4 is 0 Å². The van der Waals surface area contributed by atoms with Crippen LogP contribution in [0, 0.1) is 0 Å². The number of thioether (sulfide) groups is 1. The van der Waals surface area contributed by atoms with Gasteiger partial charge in [-0.05, 0) is 24.6 Å². The molecule has 6 heteroatoms. The van der Waals surface area contributed by atoms with Gasteiger partial charge < -0.3 is 5.11 Å². The Balaban J connectivity index is 2.86. The molecular formula is C15H19F3O2S. The second-order valence-electron chi connectivity index (χ2n) is 6.11. The fourth-order valence-electron chi connectivity index (χ4n) is 1.78. The van der Waals surface area contributed by atoms with E-state index in [1.807, 2.05) is 20.8 Å². The largest absolute Gasteiger partial charge is 0.416 e. The summed E-state index contributed by atoms with van der Waals surface area (Å²) in [6.07, 6.45) is -4.57. The maximum absolute atomic E-state index is 12.5. The molecule has 0 saturated heterocycles. The van der Waals surface area contributed by atoms with E-state index in [1.54, 1.807) is 0 Å². The summed E-state index contributed by atoms with van der Waals surface area (Å²) in [6.45, 7) is 7.06. The van der Waals surface area contributed by atoms with Gasteiger partial charge in [0, 0.05) is 11.2 Å². The quantitative estimate of drug-likeness (QED) is 0.899. The van der Waals surface area contributed by atoms with Crippen LogP contribution in [0.25, 0.3) is 0 Å². The molecule has 1 aromatic rings. The van der Waals surface area contributed by atoms with Crippen molar-refractivity contribution in [2.24, 2.45) is 0 Å². The minimum atomic E-state index is -4.41. The number of alkyl halides is 3. The second-order valence-corrected chi connectivity index (χ2v) is 8.00. The Bertz CT molecular complexity index is 499. The lowest BCUT2D eigenvalue weighted by molar-refractivity contribution is -0.137. The normalized spacial score (nSPS) is 15.6. The molecule has 1 rings (SSSR count). The molecule has 21 heavy (non-hydrogen) atoms. The van der Waals surface area contributed by atoms with Gasteiger partial charge in [-0.2, -0.15) is 13.2 Å². The third-order valence-corrected chi connectivity index (χ3v) is 3.73. The van der Waals surface area contributed by atoms with Crippen LogP contribution in [0.3, 0.4) is 0 Å². The van der Waals surface area contributed by atoms with E-state index < -0.39 is 17.3 Å². The van der Waals surface area contributed by atoms with Crippen LogP contribution in [0.4, 0.5) is 13.2 Å². The monoisotopic (exact) mass is 320 g/mol. The molecule has 0 radical (unpaired) electrons. The highest BCUT2D eigenvalue weighted by molar-refractivity contribution is 8.14. The van der Waals surface area contributed by atoms with Crippen molar-refractivity contribution < 1.29 is 23.1 Å². The maximum atomic E-state index is 12.5. The number of hydrogen-bond acceptors (Lipinski definition) is 3. The minimum Gasteiger partial charge on any atom is -0.385 e. The third kappa shape index (κ3) is 5.71. The Morgan fingerprint density at radius 2 is 1.48 bits per heavy atom. The summed E-state index contributed by atoms with van der Waals surface area (Å²) >= 11 is 1.11. The van der Waals surface area contributed by atoms with Gasteiger partial charge in [0.05, 0.1) is 11.2 Å². The Kier molecular flexibility index (Phi) is 5.16. The molecule has 0 heterocycles. The van der Waals surface area contributed by atoms with E-state index in [-0.39, 0.29) is 16.3 Å². The van der Waals surface area contributed by atoms with Crippen LogP contribution in [-0.2, 0) is 16.6 Å². The first kappa shape index (κ1) is 18.0. The van der Waals surface area contributed by atoms with Gasteiger partial charge in [-0.15, -0.1) is 0 Å². The summed E-state index contributed by atoms with van der Waals surface area (Å²) in [4.78, 5) is 11.9. The average molecular weight is 320 g/mol. The summed E-state index contributed by atoms with van der Waals surface area (Å²) < 4.78 is 37.2. The molecule has 0 aliphatic carbocycles. The Labute approximate surface area is 126 Å². The smallest absolute Gasteiger partial charge is 0.385 e. The van der Waals surface area contributed by atoms with E-state index in [4.69, 9.17) is 0 Å². The van der Waals surface area contributed by atoms with Gasteiger partial charge in [0.2, 0.25) is 0 Å². The lowest BCUT2D eigenvalue weighted by Crippen LogP contribution is -2.26. The molecule has 2 nitrogen and oxygen atoms in total. The van der Waals surface area contributed by atoms with Gasteiger partial charge in [0.25, 0.3) is 0 Å². The first-order valence-corrected chi connectivity index (χ1v) is 7.25. The Morgan fingerprint density at radius 1 is 1.05 bits per heavy atom. The van der Waals surface area contributed by atoms with E-state index in [0.717, 1.165) is 23.9 Å². The maximum Gasteiger partial charge on any atom is 0.416 e. The van der Waals surface area contributed by atoms with Crippen molar-refractivity contribution in [3.8, 4) is 0 Å². The van der Waals surface area contributed by atoms with E-state index in [0.29, 0.717) is 5.56 Å². The molecule has 0 saturated carbocycles. The molecular weight excluding hydrogens is 301 g/mol. The highest BCUT2D eigenvalue weighted by Crippen LogP contribution is 2.34. The first-order valence-electron chi connectivity index (χ1n) is 6.43. The first-order chi connectivity index (χ1) is 9.31. The topological polar surface area (TPSA) is 37.3 Å². The van der Waals surface area contributed by atoms with Gasteiger partial charge in [-0.25, -0.2) is 0 Å². The van der Waals surface area contributed by atoms with E-state index in [9.17, 15) is 23.1 Å². The van der Waals surface area contributed by atoms with Crippen LogP contribution in [-0.4, -0.2) is 15.0 Å². The van der Waals surface area contributed by atoms with Crippen molar-refractivity contribution >= 4 is 16.9 Å². The van der Waals surface area contributed by atoms with Crippen molar-refractivity contribution in [1.29, 1.82) is 0 Å². The van der Waals surface area contributed by atoms with Crippen LogP contribution in [0.5, 0.6) is 0 Å². The molecule has 0 fully saturated rings. The van der Waals surface area contributed by atoms with Crippen molar-refractivity contribution in [2.45, 2.75) is 50.6 Å². The SMILES string of the molecule is CC(C)(C)SC(=O)C[C@@](C)(O)c1ccc(C(F)(F)F)cc1. The van der Waals surface area contributed by atoms with Crippen LogP contribution in [0.2, 0.25) is 0 Å². The second kappa shape index (κ2) is 6.01. The molecule has 0 aromatic heterocycles. The fourth-order valence-corrected chi connectivity index (χ4v) is 2.82. The molecule has 0 amide bonds. The average Bonchev–Trinajstić information content (AvgIpc) is 2.24. The highest BCUT2D eigenvalue weighted by atomic mass is 32.2. The van der Waals surface area contributed by atoms with Gasteiger partial charge >= 0.3 is 6.18 Å².